The molecular weight excluding hydrogens is 346 g/mol. The molecule has 3 rings (SSSR count). The molecule has 0 bridgehead atoms. The molecule has 0 amide bonds. The van der Waals surface area contributed by atoms with E-state index in [0.717, 1.165) is 35.0 Å². The number of aromatic nitrogens is 2. The Morgan fingerprint density at radius 2 is 1.92 bits per heavy atom. The van der Waals surface area contributed by atoms with Crippen molar-refractivity contribution in [1.82, 2.24) is 10.2 Å². The molecule has 2 aromatic carbocycles. The minimum absolute atomic E-state index is 0.167. The van der Waals surface area contributed by atoms with Crippen molar-refractivity contribution in [2.24, 2.45) is 0 Å². The van der Waals surface area contributed by atoms with Crippen LogP contribution in [0.3, 0.4) is 0 Å². The number of Topliss-reactive ketones (excluding diaryl/α,β-unsaturated/α-hetero) is 1. The van der Waals surface area contributed by atoms with E-state index in [0.29, 0.717) is 12.0 Å². The van der Waals surface area contributed by atoms with Crippen LogP contribution < -0.4 is 0 Å². The molecular formula is C18H14F2N2O2S. The minimum atomic E-state index is -0.886. The van der Waals surface area contributed by atoms with Crippen LogP contribution in [0.5, 0.6) is 0 Å². The monoisotopic (exact) mass is 360 g/mol. The molecule has 1 unspecified atom stereocenters. The first-order valence-electron chi connectivity index (χ1n) is 7.51. The largest absolute Gasteiger partial charge is 0.411 e. The summed E-state index contributed by atoms with van der Waals surface area (Å²) in [4.78, 5) is 12.3. The van der Waals surface area contributed by atoms with Crippen molar-refractivity contribution in [3.05, 3.63) is 65.2 Å². The van der Waals surface area contributed by atoms with Gasteiger partial charge in [-0.2, -0.15) is 0 Å². The number of halogens is 2. The number of rotatable bonds is 5. The fraction of sp³-hybridized carbons (Fsp3) is 0.167. The maximum Gasteiger partial charge on any atom is 0.277 e. The number of ketones is 1. The van der Waals surface area contributed by atoms with Crippen molar-refractivity contribution in [2.75, 3.05) is 0 Å². The summed E-state index contributed by atoms with van der Waals surface area (Å²) in [5.41, 5.74) is 1.63. The fourth-order valence-corrected chi connectivity index (χ4v) is 3.04. The van der Waals surface area contributed by atoms with Gasteiger partial charge in [0, 0.05) is 11.6 Å². The molecule has 0 aliphatic carbocycles. The molecule has 0 aliphatic rings. The summed E-state index contributed by atoms with van der Waals surface area (Å²) in [7, 11) is 0. The van der Waals surface area contributed by atoms with Crippen LogP contribution in [0.4, 0.5) is 8.78 Å². The van der Waals surface area contributed by atoms with Gasteiger partial charge in [0.1, 0.15) is 11.6 Å². The van der Waals surface area contributed by atoms with E-state index in [-0.39, 0.29) is 10.8 Å². The Bertz CT molecular complexity index is 927. The van der Waals surface area contributed by atoms with Crippen molar-refractivity contribution in [3.63, 3.8) is 0 Å². The molecule has 25 heavy (non-hydrogen) atoms. The van der Waals surface area contributed by atoms with Gasteiger partial charge in [-0.3, -0.25) is 4.79 Å². The highest BCUT2D eigenvalue weighted by atomic mass is 32.2. The van der Waals surface area contributed by atoms with Gasteiger partial charge in [-0.05, 0) is 37.6 Å². The van der Waals surface area contributed by atoms with E-state index in [2.05, 4.69) is 10.2 Å². The van der Waals surface area contributed by atoms with Gasteiger partial charge in [-0.1, -0.05) is 30.0 Å². The van der Waals surface area contributed by atoms with Crippen LogP contribution in [0, 0.1) is 18.6 Å². The third-order valence-electron chi connectivity index (χ3n) is 3.63. The average Bonchev–Trinajstić information content (AvgIpc) is 3.03. The van der Waals surface area contributed by atoms with Crippen LogP contribution >= 0.6 is 11.8 Å². The van der Waals surface area contributed by atoms with Gasteiger partial charge in [0.25, 0.3) is 5.22 Å². The molecule has 0 N–H and O–H groups in total. The second-order valence-corrected chi connectivity index (χ2v) is 6.73. The van der Waals surface area contributed by atoms with Crippen LogP contribution in [0.2, 0.25) is 0 Å². The first-order chi connectivity index (χ1) is 12.0. The van der Waals surface area contributed by atoms with Gasteiger partial charge in [-0.15, -0.1) is 10.2 Å². The van der Waals surface area contributed by atoms with E-state index < -0.39 is 22.7 Å². The van der Waals surface area contributed by atoms with Crippen LogP contribution in [-0.2, 0) is 0 Å². The number of benzene rings is 2. The highest BCUT2D eigenvalue weighted by molar-refractivity contribution is 8.00. The number of hydrogen-bond donors (Lipinski definition) is 0. The molecule has 0 fully saturated rings. The number of nitrogens with zero attached hydrogens (tertiary/aromatic N) is 2. The first kappa shape index (κ1) is 17.3. The number of carbonyl (C=O) groups excluding carboxylic acids is 1. The molecule has 1 aromatic heterocycles. The molecule has 0 aliphatic heterocycles. The zero-order valence-corrected chi connectivity index (χ0v) is 14.3. The number of carbonyl (C=O) groups is 1. The van der Waals surface area contributed by atoms with Gasteiger partial charge in [-0.25, -0.2) is 8.78 Å². The van der Waals surface area contributed by atoms with E-state index in [4.69, 9.17) is 4.42 Å². The zero-order chi connectivity index (χ0) is 18.0. The lowest BCUT2D eigenvalue weighted by molar-refractivity contribution is 0.0989. The Kier molecular flexibility index (Phi) is 4.94. The normalized spacial score (nSPS) is 12.2. The fourth-order valence-electron chi connectivity index (χ4n) is 2.29. The third kappa shape index (κ3) is 3.76. The van der Waals surface area contributed by atoms with Crippen molar-refractivity contribution >= 4 is 17.5 Å². The van der Waals surface area contributed by atoms with Gasteiger partial charge in [0.2, 0.25) is 5.89 Å². The highest BCUT2D eigenvalue weighted by Crippen LogP contribution is 2.29. The summed E-state index contributed by atoms with van der Waals surface area (Å²) in [5, 5.41) is 7.46. The second-order valence-electron chi connectivity index (χ2n) is 5.44. The summed E-state index contributed by atoms with van der Waals surface area (Å²) in [6, 6.07) is 10.4. The Hall–Kier alpha value is -2.54. The Labute approximate surface area is 147 Å². The average molecular weight is 360 g/mol. The summed E-state index contributed by atoms with van der Waals surface area (Å²) in [6.45, 7) is 3.53. The predicted octanol–water partition coefficient (Wildman–Crippen LogP) is 4.69. The molecule has 0 spiro atoms. The molecule has 3 aromatic rings. The summed E-state index contributed by atoms with van der Waals surface area (Å²) < 4.78 is 32.3. The SMILES string of the molecule is Cc1ccccc1-c1nnc(SC(C)C(=O)c2ccc(F)cc2F)o1. The molecule has 1 atom stereocenters. The lowest BCUT2D eigenvalue weighted by atomic mass is 10.1. The molecule has 4 nitrogen and oxygen atoms in total. The molecule has 128 valence electrons. The van der Waals surface area contributed by atoms with Gasteiger partial charge < -0.3 is 4.42 Å². The number of thioether (sulfide) groups is 1. The molecule has 0 saturated heterocycles. The molecule has 0 radical (unpaired) electrons. The summed E-state index contributed by atoms with van der Waals surface area (Å²) >= 11 is 1.03. The van der Waals surface area contributed by atoms with Crippen molar-refractivity contribution < 1.29 is 18.0 Å². The summed E-state index contributed by atoms with van der Waals surface area (Å²) in [5.74, 6) is -1.73. The van der Waals surface area contributed by atoms with Crippen LogP contribution in [0.25, 0.3) is 11.5 Å². The number of aryl methyl sites for hydroxylation is 1. The van der Waals surface area contributed by atoms with Crippen LogP contribution in [-0.4, -0.2) is 21.2 Å². The predicted molar refractivity (Wildman–Crippen MR) is 90.5 cm³/mol. The summed E-state index contributed by atoms with van der Waals surface area (Å²) in [6.07, 6.45) is 0. The lowest BCUT2D eigenvalue weighted by Gasteiger charge is -2.08. The van der Waals surface area contributed by atoms with E-state index in [1.54, 1.807) is 6.92 Å². The maximum absolute atomic E-state index is 13.7. The van der Waals surface area contributed by atoms with E-state index in [9.17, 15) is 13.6 Å². The van der Waals surface area contributed by atoms with E-state index in [1.165, 1.54) is 0 Å². The van der Waals surface area contributed by atoms with Gasteiger partial charge >= 0.3 is 0 Å². The number of hydrogen-bond acceptors (Lipinski definition) is 5. The van der Waals surface area contributed by atoms with Crippen LogP contribution in [0.1, 0.15) is 22.8 Å². The Balaban J connectivity index is 1.76. The minimum Gasteiger partial charge on any atom is -0.411 e. The second kappa shape index (κ2) is 7.14. The topological polar surface area (TPSA) is 56.0 Å². The van der Waals surface area contributed by atoms with Gasteiger partial charge in [0.15, 0.2) is 5.78 Å². The van der Waals surface area contributed by atoms with Crippen LogP contribution in [0.15, 0.2) is 52.1 Å². The van der Waals surface area contributed by atoms with Crippen molar-refractivity contribution in [1.29, 1.82) is 0 Å². The van der Waals surface area contributed by atoms with E-state index in [1.807, 2.05) is 31.2 Å². The smallest absolute Gasteiger partial charge is 0.277 e. The Morgan fingerprint density at radius 3 is 2.64 bits per heavy atom. The molecule has 0 saturated carbocycles. The third-order valence-corrected chi connectivity index (χ3v) is 4.56. The quantitative estimate of drug-likeness (QED) is 0.488. The zero-order valence-electron chi connectivity index (χ0n) is 13.5. The van der Waals surface area contributed by atoms with E-state index >= 15 is 0 Å². The first-order valence-corrected chi connectivity index (χ1v) is 8.39. The van der Waals surface area contributed by atoms with Crippen molar-refractivity contribution in [3.8, 4) is 11.5 Å². The highest BCUT2D eigenvalue weighted by Gasteiger charge is 2.23. The van der Waals surface area contributed by atoms with Gasteiger partial charge in [0.05, 0.1) is 10.8 Å². The molecule has 7 heteroatoms. The Morgan fingerprint density at radius 1 is 1.16 bits per heavy atom. The van der Waals surface area contributed by atoms with Crippen molar-refractivity contribution in [2.45, 2.75) is 24.3 Å². The molecule has 1 heterocycles. The lowest BCUT2D eigenvalue weighted by Crippen LogP contribution is -2.15. The standard InChI is InChI=1S/C18H14F2N2O2S/c1-10-5-3-4-6-13(10)17-21-22-18(24-17)25-11(2)16(23)14-8-7-12(19)9-15(14)20/h3-9,11H,1-2H3. The maximum atomic E-state index is 13.7.